The summed E-state index contributed by atoms with van der Waals surface area (Å²) in [6, 6.07) is 1.61. The summed E-state index contributed by atoms with van der Waals surface area (Å²) in [5.74, 6) is -0.0697. The van der Waals surface area contributed by atoms with Crippen LogP contribution in [0.5, 0.6) is 0 Å². The Hall–Kier alpha value is -1.00. The summed E-state index contributed by atoms with van der Waals surface area (Å²) in [6.07, 6.45) is 5.09. The molecule has 1 aromatic heterocycles. The normalized spacial score (nSPS) is 23.4. The van der Waals surface area contributed by atoms with Crippen LogP contribution in [0.1, 0.15) is 43.1 Å². The highest BCUT2D eigenvalue weighted by molar-refractivity contribution is 6.31. The Morgan fingerprint density at radius 1 is 1.53 bits per heavy atom. The molecular weight excluding hydrogens is 264 g/mol. The summed E-state index contributed by atoms with van der Waals surface area (Å²) in [5.41, 5.74) is 0.591. The van der Waals surface area contributed by atoms with E-state index in [9.17, 15) is 9.90 Å². The van der Waals surface area contributed by atoms with Gasteiger partial charge in [0.05, 0.1) is 17.2 Å². The number of halogens is 1. The Kier molecular flexibility index (Phi) is 4.53. The van der Waals surface area contributed by atoms with E-state index in [4.69, 9.17) is 11.6 Å². The Labute approximate surface area is 119 Å². The van der Waals surface area contributed by atoms with Crippen LogP contribution in [-0.2, 0) is 6.54 Å². The fraction of sp³-hybridized carbons (Fsp3) is 0.643. The zero-order chi connectivity index (χ0) is 14.0. The number of hydrogen-bond acceptors (Lipinski definition) is 2. The van der Waals surface area contributed by atoms with Crippen LogP contribution < -0.4 is 0 Å². The summed E-state index contributed by atoms with van der Waals surface area (Å²) in [4.78, 5) is 14.2. The first kappa shape index (κ1) is 14.4. The number of aryl methyl sites for hydroxylation is 1. The highest BCUT2D eigenvalue weighted by atomic mass is 35.5. The molecular formula is C14H21ClN2O2. The second-order valence-electron chi connectivity index (χ2n) is 5.16. The van der Waals surface area contributed by atoms with Crippen molar-refractivity contribution in [2.75, 3.05) is 7.05 Å². The predicted octanol–water partition coefficient (Wildman–Crippen LogP) is 2.54. The van der Waals surface area contributed by atoms with Gasteiger partial charge < -0.3 is 14.6 Å². The Morgan fingerprint density at radius 3 is 2.84 bits per heavy atom. The minimum Gasteiger partial charge on any atom is -0.391 e. The average molecular weight is 285 g/mol. The molecule has 0 bridgehead atoms. The monoisotopic (exact) mass is 284 g/mol. The van der Waals surface area contributed by atoms with Crippen molar-refractivity contribution in [1.29, 1.82) is 0 Å². The first-order chi connectivity index (χ1) is 9.04. The van der Waals surface area contributed by atoms with E-state index < -0.39 is 6.10 Å². The molecule has 1 saturated carbocycles. The third-order valence-corrected chi connectivity index (χ3v) is 4.14. The van der Waals surface area contributed by atoms with Crippen LogP contribution in [-0.4, -0.2) is 39.7 Å². The highest BCUT2D eigenvalue weighted by Crippen LogP contribution is 2.24. The molecule has 1 aromatic rings. The number of carbonyl (C=O) groups excluding carboxylic acids is 1. The molecule has 2 rings (SSSR count). The van der Waals surface area contributed by atoms with Crippen molar-refractivity contribution in [2.24, 2.45) is 0 Å². The maximum absolute atomic E-state index is 12.5. The lowest BCUT2D eigenvalue weighted by Gasteiger charge is -2.35. The summed E-state index contributed by atoms with van der Waals surface area (Å²) < 4.78 is 1.84. The Bertz CT molecular complexity index is 458. The minimum absolute atomic E-state index is 0.0697. The second-order valence-corrected chi connectivity index (χ2v) is 5.60. The number of amides is 1. The molecule has 1 N–H and O–H groups in total. The summed E-state index contributed by atoms with van der Waals surface area (Å²) in [5, 5.41) is 10.6. The van der Waals surface area contributed by atoms with Gasteiger partial charge in [0.1, 0.15) is 5.69 Å². The lowest BCUT2D eigenvalue weighted by Crippen LogP contribution is -2.46. The second kappa shape index (κ2) is 5.97. The zero-order valence-corrected chi connectivity index (χ0v) is 12.2. The van der Waals surface area contributed by atoms with E-state index in [2.05, 4.69) is 0 Å². The van der Waals surface area contributed by atoms with Gasteiger partial charge in [-0.05, 0) is 25.8 Å². The van der Waals surface area contributed by atoms with Gasteiger partial charge in [-0.2, -0.15) is 0 Å². The topological polar surface area (TPSA) is 45.5 Å². The fourth-order valence-electron chi connectivity index (χ4n) is 2.79. The minimum atomic E-state index is -0.414. The van der Waals surface area contributed by atoms with Crippen molar-refractivity contribution in [3.8, 4) is 0 Å². The van der Waals surface area contributed by atoms with Crippen molar-refractivity contribution >= 4 is 17.5 Å². The number of carbonyl (C=O) groups is 1. The SMILES string of the molecule is CCn1cc(Cl)cc1C(=O)N(C)C1CCCCC1O. The molecule has 0 spiro atoms. The van der Waals surface area contributed by atoms with Gasteiger partial charge in [0.25, 0.3) is 5.91 Å². The predicted molar refractivity (Wildman–Crippen MR) is 75.5 cm³/mol. The number of aliphatic hydroxyl groups excluding tert-OH is 1. The van der Waals surface area contributed by atoms with Gasteiger partial charge in [0.2, 0.25) is 0 Å². The van der Waals surface area contributed by atoms with Crippen molar-refractivity contribution in [3.05, 3.63) is 23.0 Å². The molecule has 4 nitrogen and oxygen atoms in total. The van der Waals surface area contributed by atoms with E-state index in [0.717, 1.165) is 25.7 Å². The molecule has 1 aliphatic rings. The average Bonchev–Trinajstić information content (AvgIpc) is 2.79. The number of nitrogens with zero attached hydrogens (tertiary/aromatic N) is 2. The molecule has 1 fully saturated rings. The fourth-order valence-corrected chi connectivity index (χ4v) is 3.01. The van der Waals surface area contributed by atoms with E-state index in [1.165, 1.54) is 0 Å². The van der Waals surface area contributed by atoms with Gasteiger partial charge in [-0.3, -0.25) is 4.79 Å². The standard InChI is InChI=1S/C14H21ClN2O2/c1-3-17-9-10(15)8-12(17)14(19)16(2)11-6-4-5-7-13(11)18/h8-9,11,13,18H,3-7H2,1-2H3. The molecule has 106 valence electrons. The van der Waals surface area contributed by atoms with Gasteiger partial charge in [-0.25, -0.2) is 0 Å². The van der Waals surface area contributed by atoms with Crippen LogP contribution in [0, 0.1) is 0 Å². The molecule has 2 atom stereocenters. The molecule has 0 aliphatic heterocycles. The molecule has 1 heterocycles. The third kappa shape index (κ3) is 2.95. The summed E-state index contributed by atoms with van der Waals surface area (Å²) in [7, 11) is 1.77. The van der Waals surface area contributed by atoms with Crippen LogP contribution in [0.3, 0.4) is 0 Å². The van der Waals surface area contributed by atoms with Crippen molar-refractivity contribution in [2.45, 2.75) is 51.3 Å². The van der Waals surface area contributed by atoms with E-state index >= 15 is 0 Å². The zero-order valence-electron chi connectivity index (χ0n) is 11.5. The van der Waals surface area contributed by atoms with Gasteiger partial charge >= 0.3 is 0 Å². The number of rotatable bonds is 3. The smallest absolute Gasteiger partial charge is 0.270 e. The Balaban J connectivity index is 2.18. The van der Waals surface area contributed by atoms with Crippen molar-refractivity contribution in [3.63, 3.8) is 0 Å². The van der Waals surface area contributed by atoms with Gasteiger partial charge in [-0.1, -0.05) is 24.4 Å². The van der Waals surface area contributed by atoms with E-state index in [-0.39, 0.29) is 11.9 Å². The third-order valence-electron chi connectivity index (χ3n) is 3.93. The van der Waals surface area contributed by atoms with Gasteiger partial charge in [0.15, 0.2) is 0 Å². The van der Waals surface area contributed by atoms with Crippen molar-refractivity contribution < 1.29 is 9.90 Å². The first-order valence-electron chi connectivity index (χ1n) is 6.85. The Morgan fingerprint density at radius 2 is 2.21 bits per heavy atom. The number of likely N-dealkylation sites (N-methyl/N-ethyl adjacent to an activating group) is 1. The number of aromatic nitrogens is 1. The van der Waals surface area contributed by atoms with E-state index in [0.29, 0.717) is 17.3 Å². The maximum atomic E-state index is 12.5. The lowest BCUT2D eigenvalue weighted by molar-refractivity contribution is 0.0261. The van der Waals surface area contributed by atoms with Crippen LogP contribution in [0.25, 0.3) is 0 Å². The van der Waals surface area contributed by atoms with Gasteiger partial charge in [-0.15, -0.1) is 0 Å². The number of aliphatic hydroxyl groups is 1. The van der Waals surface area contributed by atoms with Gasteiger partial charge in [0, 0.05) is 19.8 Å². The lowest BCUT2D eigenvalue weighted by atomic mass is 9.91. The molecule has 19 heavy (non-hydrogen) atoms. The summed E-state index contributed by atoms with van der Waals surface area (Å²) in [6.45, 7) is 2.68. The summed E-state index contributed by atoms with van der Waals surface area (Å²) >= 11 is 5.97. The van der Waals surface area contributed by atoms with Crippen molar-refractivity contribution in [1.82, 2.24) is 9.47 Å². The highest BCUT2D eigenvalue weighted by Gasteiger charge is 2.30. The molecule has 1 aliphatic carbocycles. The molecule has 0 aromatic carbocycles. The molecule has 5 heteroatoms. The quantitative estimate of drug-likeness (QED) is 0.927. The molecule has 1 amide bonds. The first-order valence-corrected chi connectivity index (χ1v) is 7.23. The molecule has 2 unspecified atom stereocenters. The van der Waals surface area contributed by atoms with Crippen LogP contribution in [0.2, 0.25) is 5.02 Å². The molecule has 0 radical (unpaired) electrons. The molecule has 0 saturated heterocycles. The maximum Gasteiger partial charge on any atom is 0.270 e. The number of hydrogen-bond donors (Lipinski definition) is 1. The van der Waals surface area contributed by atoms with E-state index in [1.54, 1.807) is 24.2 Å². The van der Waals surface area contributed by atoms with Crippen LogP contribution in [0.4, 0.5) is 0 Å². The van der Waals surface area contributed by atoms with Crippen LogP contribution >= 0.6 is 11.6 Å². The van der Waals surface area contributed by atoms with E-state index in [1.807, 2.05) is 11.5 Å². The largest absolute Gasteiger partial charge is 0.391 e. The van der Waals surface area contributed by atoms with Crippen LogP contribution in [0.15, 0.2) is 12.3 Å².